The van der Waals surface area contributed by atoms with Crippen LogP contribution in [0.25, 0.3) is 0 Å². The molecule has 0 aliphatic heterocycles. The minimum atomic E-state index is -0.176. The molecule has 2 aromatic carbocycles. The van der Waals surface area contributed by atoms with Gasteiger partial charge >= 0.3 is 0 Å². The second-order valence-corrected chi connectivity index (χ2v) is 6.65. The summed E-state index contributed by atoms with van der Waals surface area (Å²) in [6, 6.07) is 14.1. The van der Waals surface area contributed by atoms with Gasteiger partial charge in [-0.3, -0.25) is 9.59 Å². The Morgan fingerprint density at radius 2 is 1.61 bits per heavy atom. The molecule has 8 nitrogen and oxygen atoms in total. The topological polar surface area (TPSA) is 97.9 Å². The van der Waals surface area contributed by atoms with Crippen molar-refractivity contribution in [1.82, 2.24) is 5.32 Å². The number of amides is 2. The summed E-state index contributed by atoms with van der Waals surface area (Å²) in [5.41, 5.74) is 2.00. The summed E-state index contributed by atoms with van der Waals surface area (Å²) in [5.74, 6) is 0.411. The Hall–Kier alpha value is -3.10. The van der Waals surface area contributed by atoms with Crippen LogP contribution >= 0.6 is 0 Å². The molecule has 0 saturated carbocycles. The van der Waals surface area contributed by atoms with Gasteiger partial charge in [0.1, 0.15) is 12.4 Å². The highest BCUT2D eigenvalue weighted by Crippen LogP contribution is 2.16. The zero-order chi connectivity index (χ0) is 22.3. The van der Waals surface area contributed by atoms with Crippen molar-refractivity contribution >= 4 is 23.2 Å². The van der Waals surface area contributed by atoms with Gasteiger partial charge in [0.05, 0.1) is 13.2 Å². The van der Waals surface area contributed by atoms with Crippen LogP contribution in [0.5, 0.6) is 5.75 Å². The van der Waals surface area contributed by atoms with Gasteiger partial charge in [-0.2, -0.15) is 0 Å². The fourth-order valence-electron chi connectivity index (χ4n) is 2.64. The van der Waals surface area contributed by atoms with Crippen molar-refractivity contribution < 1.29 is 23.8 Å². The number of carbonyl (C=O) groups is 2. The molecule has 0 fully saturated rings. The van der Waals surface area contributed by atoms with E-state index in [1.165, 1.54) is 0 Å². The van der Waals surface area contributed by atoms with Gasteiger partial charge in [-0.15, -0.1) is 0 Å². The molecule has 0 bridgehead atoms. The first-order chi connectivity index (χ1) is 15.1. The third kappa shape index (κ3) is 9.50. The lowest BCUT2D eigenvalue weighted by Gasteiger charge is -2.10. The molecule has 31 heavy (non-hydrogen) atoms. The number of carbonyl (C=O) groups excluding carboxylic acids is 2. The van der Waals surface area contributed by atoms with Gasteiger partial charge in [0.15, 0.2) is 0 Å². The Labute approximate surface area is 183 Å². The smallest absolute Gasteiger partial charge is 0.251 e. The van der Waals surface area contributed by atoms with E-state index in [-0.39, 0.29) is 18.4 Å². The highest BCUT2D eigenvalue weighted by Gasteiger charge is 2.06. The molecule has 0 saturated heterocycles. The SMILES string of the molecule is CCOCCOc1ccc(NC(=O)CNc2ccc(C(=O)NCCCOC)cc2)cc1. The maximum atomic E-state index is 12.2. The lowest BCUT2D eigenvalue weighted by Crippen LogP contribution is -2.25. The van der Waals surface area contributed by atoms with E-state index in [1.54, 1.807) is 55.6 Å². The van der Waals surface area contributed by atoms with Crippen LogP contribution < -0.4 is 20.7 Å². The molecule has 0 aliphatic carbocycles. The first-order valence-electron chi connectivity index (χ1n) is 10.3. The number of benzene rings is 2. The van der Waals surface area contributed by atoms with E-state index in [0.717, 1.165) is 17.9 Å². The maximum absolute atomic E-state index is 12.2. The summed E-state index contributed by atoms with van der Waals surface area (Å²) in [6.07, 6.45) is 0.765. The normalized spacial score (nSPS) is 10.4. The number of hydrogen-bond acceptors (Lipinski definition) is 6. The molecule has 2 aromatic rings. The number of hydrogen-bond donors (Lipinski definition) is 3. The van der Waals surface area contributed by atoms with E-state index in [4.69, 9.17) is 14.2 Å². The van der Waals surface area contributed by atoms with E-state index in [2.05, 4.69) is 16.0 Å². The third-order valence-electron chi connectivity index (χ3n) is 4.25. The number of ether oxygens (including phenoxy) is 3. The van der Waals surface area contributed by atoms with Crippen molar-refractivity contribution in [2.45, 2.75) is 13.3 Å². The van der Waals surface area contributed by atoms with Gasteiger partial charge in [-0.1, -0.05) is 0 Å². The predicted octanol–water partition coefficient (Wildman–Crippen LogP) is 2.92. The Bertz CT molecular complexity index is 794. The molecule has 0 atom stereocenters. The zero-order valence-corrected chi connectivity index (χ0v) is 18.1. The third-order valence-corrected chi connectivity index (χ3v) is 4.25. The van der Waals surface area contributed by atoms with Crippen molar-refractivity contribution in [3.05, 3.63) is 54.1 Å². The van der Waals surface area contributed by atoms with E-state index in [9.17, 15) is 9.59 Å². The van der Waals surface area contributed by atoms with Crippen LogP contribution in [-0.4, -0.2) is 58.4 Å². The van der Waals surface area contributed by atoms with E-state index in [1.807, 2.05) is 6.92 Å². The second-order valence-electron chi connectivity index (χ2n) is 6.65. The molecule has 0 unspecified atom stereocenters. The summed E-state index contributed by atoms with van der Waals surface area (Å²) in [7, 11) is 1.63. The standard InChI is InChI=1S/C23H31N3O5/c1-3-30-15-16-31-21-11-9-20(10-12-21)26-22(27)17-25-19-7-5-18(6-8-19)23(28)24-13-4-14-29-2/h5-12,25H,3-4,13-17H2,1-2H3,(H,24,28)(H,26,27). The minimum absolute atomic E-state index is 0.106. The fraction of sp³-hybridized carbons (Fsp3) is 0.391. The minimum Gasteiger partial charge on any atom is -0.491 e. The van der Waals surface area contributed by atoms with Crippen LogP contribution in [0.1, 0.15) is 23.7 Å². The van der Waals surface area contributed by atoms with Gasteiger partial charge in [-0.25, -0.2) is 0 Å². The Balaban J connectivity index is 1.71. The van der Waals surface area contributed by atoms with Gasteiger partial charge in [0.25, 0.3) is 5.91 Å². The molecule has 2 rings (SSSR count). The van der Waals surface area contributed by atoms with E-state index >= 15 is 0 Å². The first-order valence-corrected chi connectivity index (χ1v) is 10.3. The Morgan fingerprint density at radius 1 is 0.903 bits per heavy atom. The van der Waals surface area contributed by atoms with Crippen LogP contribution in [0.4, 0.5) is 11.4 Å². The van der Waals surface area contributed by atoms with Crippen molar-refractivity contribution in [2.75, 3.05) is 57.3 Å². The van der Waals surface area contributed by atoms with Gasteiger partial charge in [0, 0.05) is 43.8 Å². The van der Waals surface area contributed by atoms with E-state index in [0.29, 0.717) is 44.2 Å². The maximum Gasteiger partial charge on any atom is 0.251 e. The monoisotopic (exact) mass is 429 g/mol. The van der Waals surface area contributed by atoms with Gasteiger partial charge in [0.2, 0.25) is 5.91 Å². The molecule has 2 amide bonds. The van der Waals surface area contributed by atoms with Crippen LogP contribution in [0, 0.1) is 0 Å². The molecular weight excluding hydrogens is 398 g/mol. The van der Waals surface area contributed by atoms with E-state index < -0.39 is 0 Å². The number of methoxy groups -OCH3 is 1. The average molecular weight is 430 g/mol. The molecule has 168 valence electrons. The first kappa shape index (κ1) is 24.2. The molecule has 8 heteroatoms. The van der Waals surface area contributed by atoms with Crippen LogP contribution in [-0.2, 0) is 14.3 Å². The van der Waals surface area contributed by atoms with Crippen LogP contribution in [0.15, 0.2) is 48.5 Å². The van der Waals surface area contributed by atoms with Crippen molar-refractivity contribution in [1.29, 1.82) is 0 Å². The molecule has 0 spiro atoms. The Morgan fingerprint density at radius 3 is 2.29 bits per heavy atom. The Kier molecular flexibility index (Phi) is 10.9. The molecule has 0 aliphatic rings. The molecule has 0 radical (unpaired) electrons. The molecular formula is C23H31N3O5. The zero-order valence-electron chi connectivity index (χ0n) is 18.1. The van der Waals surface area contributed by atoms with Crippen molar-refractivity contribution in [3.63, 3.8) is 0 Å². The predicted molar refractivity (Wildman–Crippen MR) is 121 cm³/mol. The number of rotatable bonds is 14. The molecule has 0 heterocycles. The number of anilines is 2. The lowest BCUT2D eigenvalue weighted by atomic mass is 10.2. The summed E-state index contributed by atoms with van der Waals surface area (Å²) in [5, 5.41) is 8.70. The molecule has 3 N–H and O–H groups in total. The largest absolute Gasteiger partial charge is 0.491 e. The summed E-state index contributed by atoms with van der Waals surface area (Å²) in [4.78, 5) is 24.2. The second kappa shape index (κ2) is 14.0. The summed E-state index contributed by atoms with van der Waals surface area (Å²) >= 11 is 0. The van der Waals surface area contributed by atoms with Crippen LogP contribution in [0.3, 0.4) is 0 Å². The van der Waals surface area contributed by atoms with Gasteiger partial charge in [-0.05, 0) is 61.9 Å². The highest BCUT2D eigenvalue weighted by atomic mass is 16.5. The van der Waals surface area contributed by atoms with Gasteiger partial charge < -0.3 is 30.2 Å². The summed E-state index contributed by atoms with van der Waals surface area (Å²) < 4.78 is 15.7. The fourth-order valence-corrected chi connectivity index (χ4v) is 2.64. The lowest BCUT2D eigenvalue weighted by molar-refractivity contribution is -0.114. The average Bonchev–Trinajstić information content (AvgIpc) is 2.79. The highest BCUT2D eigenvalue weighted by molar-refractivity contribution is 5.95. The summed E-state index contributed by atoms with van der Waals surface area (Å²) in [6.45, 7) is 4.91. The number of nitrogens with one attached hydrogen (secondary N) is 3. The quantitative estimate of drug-likeness (QED) is 0.400. The van der Waals surface area contributed by atoms with Crippen LogP contribution in [0.2, 0.25) is 0 Å². The molecule has 0 aromatic heterocycles. The van der Waals surface area contributed by atoms with Crippen molar-refractivity contribution in [2.24, 2.45) is 0 Å². The van der Waals surface area contributed by atoms with Crippen molar-refractivity contribution in [3.8, 4) is 5.75 Å².